The van der Waals surface area contributed by atoms with Gasteiger partial charge in [0.2, 0.25) is 0 Å². The lowest BCUT2D eigenvalue weighted by atomic mass is 10.5. The average molecular weight is 187 g/mol. The standard InChI is InChI=1S/C6H9NS.C2H4O2/c1-7-4-2-3-6(7)5-8;1-2(3)4/h2-4,8H,5H2,1H3;1H3,(H,3,4). The topological polar surface area (TPSA) is 42.2 Å². The Morgan fingerprint density at radius 3 is 2.42 bits per heavy atom. The van der Waals surface area contributed by atoms with Crippen LogP contribution in [0, 0.1) is 0 Å². The van der Waals surface area contributed by atoms with Crippen LogP contribution in [0.1, 0.15) is 12.6 Å². The van der Waals surface area contributed by atoms with Crippen molar-refractivity contribution >= 4 is 18.6 Å². The molecule has 1 aromatic rings. The van der Waals surface area contributed by atoms with Gasteiger partial charge in [-0.15, -0.1) is 0 Å². The maximum absolute atomic E-state index is 9.00. The number of carbonyl (C=O) groups is 1. The molecule has 0 unspecified atom stereocenters. The zero-order valence-electron chi connectivity index (χ0n) is 7.19. The fourth-order valence-corrected chi connectivity index (χ4v) is 0.989. The molecule has 0 spiro atoms. The van der Waals surface area contributed by atoms with E-state index in [2.05, 4.69) is 23.3 Å². The molecular formula is C8H13NO2S. The summed E-state index contributed by atoms with van der Waals surface area (Å²) in [5.41, 5.74) is 1.26. The summed E-state index contributed by atoms with van der Waals surface area (Å²) < 4.78 is 2.06. The Hall–Kier alpha value is -0.900. The van der Waals surface area contributed by atoms with Gasteiger partial charge in [-0.1, -0.05) is 0 Å². The lowest BCUT2D eigenvalue weighted by Gasteiger charge is -1.94. The molecule has 68 valence electrons. The van der Waals surface area contributed by atoms with Gasteiger partial charge in [-0.05, 0) is 12.1 Å². The SMILES string of the molecule is CC(=O)O.Cn1cccc1CS. The summed E-state index contributed by atoms with van der Waals surface area (Å²) in [5.74, 6) is -0.0104. The van der Waals surface area contributed by atoms with Crippen LogP contribution in [0.3, 0.4) is 0 Å². The Morgan fingerprint density at radius 1 is 1.75 bits per heavy atom. The van der Waals surface area contributed by atoms with E-state index in [4.69, 9.17) is 9.90 Å². The molecule has 12 heavy (non-hydrogen) atoms. The van der Waals surface area contributed by atoms with Crippen LogP contribution in [0.15, 0.2) is 18.3 Å². The molecular weight excluding hydrogens is 174 g/mol. The minimum atomic E-state index is -0.833. The quantitative estimate of drug-likeness (QED) is 0.655. The highest BCUT2D eigenvalue weighted by molar-refractivity contribution is 7.79. The van der Waals surface area contributed by atoms with Crippen LogP contribution in [0.2, 0.25) is 0 Å². The highest BCUT2D eigenvalue weighted by Gasteiger charge is 1.89. The van der Waals surface area contributed by atoms with Crippen LogP contribution in [-0.4, -0.2) is 15.6 Å². The van der Waals surface area contributed by atoms with Crippen LogP contribution in [0.25, 0.3) is 0 Å². The fraction of sp³-hybridized carbons (Fsp3) is 0.375. The predicted molar refractivity (Wildman–Crippen MR) is 51.4 cm³/mol. The monoisotopic (exact) mass is 187 g/mol. The van der Waals surface area contributed by atoms with E-state index in [1.807, 2.05) is 19.3 Å². The van der Waals surface area contributed by atoms with Gasteiger partial charge in [0.05, 0.1) is 0 Å². The van der Waals surface area contributed by atoms with Crippen LogP contribution in [0.4, 0.5) is 0 Å². The first-order chi connectivity index (χ1) is 5.57. The summed E-state index contributed by atoms with van der Waals surface area (Å²) in [6, 6.07) is 4.08. The molecule has 0 atom stereocenters. The van der Waals surface area contributed by atoms with E-state index >= 15 is 0 Å². The van der Waals surface area contributed by atoms with Gasteiger partial charge in [0.15, 0.2) is 0 Å². The second kappa shape index (κ2) is 5.71. The van der Waals surface area contributed by atoms with E-state index in [1.165, 1.54) is 5.69 Å². The fourth-order valence-electron chi connectivity index (χ4n) is 0.661. The third-order valence-corrected chi connectivity index (χ3v) is 1.54. The molecule has 0 bridgehead atoms. The van der Waals surface area contributed by atoms with Crippen LogP contribution < -0.4 is 0 Å². The first-order valence-corrected chi connectivity index (χ1v) is 4.11. The number of carboxylic acids is 1. The summed E-state index contributed by atoms with van der Waals surface area (Å²) in [6.45, 7) is 1.08. The number of aliphatic carboxylic acids is 1. The van der Waals surface area contributed by atoms with E-state index in [9.17, 15) is 0 Å². The Bertz CT molecular complexity index is 241. The number of carboxylic acid groups (broad SMARTS) is 1. The van der Waals surface area contributed by atoms with Crippen LogP contribution in [-0.2, 0) is 17.6 Å². The lowest BCUT2D eigenvalue weighted by molar-refractivity contribution is -0.134. The molecule has 0 aromatic carbocycles. The largest absolute Gasteiger partial charge is 0.481 e. The molecule has 0 saturated heterocycles. The van der Waals surface area contributed by atoms with E-state index in [1.54, 1.807) is 0 Å². The predicted octanol–water partition coefficient (Wildman–Crippen LogP) is 1.55. The molecule has 1 aromatic heterocycles. The van der Waals surface area contributed by atoms with Crippen molar-refractivity contribution in [3.63, 3.8) is 0 Å². The number of nitrogens with zero attached hydrogens (tertiary/aromatic N) is 1. The second-order valence-corrected chi connectivity index (χ2v) is 2.60. The van der Waals surface area contributed by atoms with E-state index in [0.29, 0.717) is 0 Å². The maximum atomic E-state index is 9.00. The smallest absolute Gasteiger partial charge is 0.300 e. The van der Waals surface area contributed by atoms with Gasteiger partial charge < -0.3 is 9.67 Å². The summed E-state index contributed by atoms with van der Waals surface area (Å²) in [5, 5.41) is 7.42. The number of rotatable bonds is 1. The average Bonchev–Trinajstić information content (AvgIpc) is 2.33. The molecule has 0 amide bonds. The molecule has 1 rings (SSSR count). The van der Waals surface area contributed by atoms with Crippen molar-refractivity contribution in [1.29, 1.82) is 0 Å². The van der Waals surface area contributed by atoms with Crippen LogP contribution >= 0.6 is 12.6 Å². The van der Waals surface area contributed by atoms with Crippen molar-refractivity contribution in [2.24, 2.45) is 7.05 Å². The molecule has 0 aliphatic heterocycles. The summed E-state index contributed by atoms with van der Waals surface area (Å²) in [7, 11) is 2.02. The lowest BCUT2D eigenvalue weighted by Crippen LogP contribution is -1.89. The van der Waals surface area contributed by atoms with Gasteiger partial charge >= 0.3 is 0 Å². The van der Waals surface area contributed by atoms with Crippen molar-refractivity contribution in [3.05, 3.63) is 24.0 Å². The highest BCUT2D eigenvalue weighted by atomic mass is 32.1. The van der Waals surface area contributed by atoms with E-state index in [-0.39, 0.29) is 0 Å². The van der Waals surface area contributed by atoms with Gasteiger partial charge in [-0.2, -0.15) is 12.6 Å². The number of hydrogen-bond donors (Lipinski definition) is 2. The minimum absolute atomic E-state index is 0.823. The third kappa shape index (κ3) is 4.85. The van der Waals surface area contributed by atoms with E-state index in [0.717, 1.165) is 12.7 Å². The molecule has 4 heteroatoms. The number of aromatic nitrogens is 1. The van der Waals surface area contributed by atoms with Gasteiger partial charge in [-0.25, -0.2) is 0 Å². The molecule has 0 fully saturated rings. The van der Waals surface area contributed by atoms with E-state index < -0.39 is 5.97 Å². The summed E-state index contributed by atoms with van der Waals surface area (Å²) in [6.07, 6.45) is 2.02. The first-order valence-electron chi connectivity index (χ1n) is 3.48. The van der Waals surface area contributed by atoms with Gasteiger partial charge in [0.25, 0.3) is 5.97 Å². The normalized spacial score (nSPS) is 8.58. The highest BCUT2D eigenvalue weighted by Crippen LogP contribution is 2.01. The number of aryl methyl sites for hydroxylation is 1. The molecule has 1 heterocycles. The number of thiol groups is 1. The van der Waals surface area contributed by atoms with Gasteiger partial charge in [0.1, 0.15) is 0 Å². The summed E-state index contributed by atoms with van der Waals surface area (Å²) >= 11 is 4.13. The Labute approximate surface area is 77.4 Å². The van der Waals surface area contributed by atoms with Crippen molar-refractivity contribution in [1.82, 2.24) is 4.57 Å². The van der Waals surface area contributed by atoms with Crippen LogP contribution in [0.5, 0.6) is 0 Å². The molecule has 0 saturated carbocycles. The third-order valence-electron chi connectivity index (χ3n) is 1.21. The zero-order valence-corrected chi connectivity index (χ0v) is 8.08. The Kier molecular flexibility index (Phi) is 5.28. The first kappa shape index (κ1) is 11.1. The van der Waals surface area contributed by atoms with Crippen molar-refractivity contribution in [2.45, 2.75) is 12.7 Å². The molecule has 1 N–H and O–H groups in total. The Morgan fingerprint density at radius 2 is 2.25 bits per heavy atom. The number of hydrogen-bond acceptors (Lipinski definition) is 2. The Balaban J connectivity index is 0.000000261. The van der Waals surface area contributed by atoms with Gasteiger partial charge in [-0.3, -0.25) is 4.79 Å². The minimum Gasteiger partial charge on any atom is -0.481 e. The molecule has 0 aliphatic rings. The summed E-state index contributed by atoms with van der Waals surface area (Å²) in [4.78, 5) is 9.00. The molecule has 3 nitrogen and oxygen atoms in total. The van der Waals surface area contributed by atoms with Gasteiger partial charge in [0, 0.05) is 31.6 Å². The second-order valence-electron chi connectivity index (χ2n) is 2.29. The zero-order chi connectivity index (χ0) is 9.56. The molecule has 0 aliphatic carbocycles. The van der Waals surface area contributed by atoms with Crippen molar-refractivity contribution < 1.29 is 9.90 Å². The maximum Gasteiger partial charge on any atom is 0.300 e. The van der Waals surface area contributed by atoms with Crippen molar-refractivity contribution in [2.75, 3.05) is 0 Å². The molecule has 0 radical (unpaired) electrons. The van der Waals surface area contributed by atoms with Crippen molar-refractivity contribution in [3.8, 4) is 0 Å².